The molecule has 0 atom stereocenters. The van der Waals surface area contributed by atoms with Crippen LogP contribution in [-0.2, 0) is 0 Å². The number of hydrogen-bond acceptors (Lipinski definition) is 3. The lowest BCUT2D eigenvalue weighted by molar-refractivity contribution is 0.221. The van der Waals surface area contributed by atoms with Crippen LogP contribution in [0.4, 0.5) is 0 Å². The number of rotatable bonds is 5. The van der Waals surface area contributed by atoms with Gasteiger partial charge in [-0.15, -0.1) is 0 Å². The summed E-state index contributed by atoms with van der Waals surface area (Å²) in [5.74, 6) is 0. The highest BCUT2D eigenvalue weighted by Gasteiger charge is 1.93. The van der Waals surface area contributed by atoms with Crippen molar-refractivity contribution in [3.63, 3.8) is 0 Å². The minimum absolute atomic E-state index is 0. The summed E-state index contributed by atoms with van der Waals surface area (Å²) in [4.78, 5) is 2.06. The Balaban J connectivity index is 0. The quantitative estimate of drug-likeness (QED) is 0.572. The average molecular weight is 148 g/mol. The second kappa shape index (κ2) is 8.88. The zero-order valence-corrected chi connectivity index (χ0v) is 6.01. The molecular formula is C7H20N2O. The molecule has 0 aliphatic heterocycles. The van der Waals surface area contributed by atoms with E-state index in [2.05, 4.69) is 4.90 Å². The maximum Gasteiger partial charge on any atom is 0.0558 e. The van der Waals surface area contributed by atoms with Gasteiger partial charge in [0, 0.05) is 6.54 Å². The molecule has 0 aromatic heterocycles. The second-order valence-electron chi connectivity index (χ2n) is 2.17. The Hall–Kier alpha value is -0.120. The van der Waals surface area contributed by atoms with Gasteiger partial charge in [0.25, 0.3) is 0 Å². The predicted molar refractivity (Wildman–Crippen MR) is 45.0 cm³/mol. The van der Waals surface area contributed by atoms with Crippen LogP contribution in [0.15, 0.2) is 0 Å². The zero-order chi connectivity index (χ0) is 7.11. The van der Waals surface area contributed by atoms with E-state index in [0.29, 0.717) is 0 Å². The molecule has 0 radical (unpaired) electrons. The van der Waals surface area contributed by atoms with E-state index in [0.717, 1.165) is 26.1 Å². The van der Waals surface area contributed by atoms with Crippen LogP contribution in [0.5, 0.6) is 0 Å². The number of likely N-dealkylation sites (N-methyl/N-ethyl adjacent to an activating group) is 1. The molecule has 0 rings (SSSR count). The van der Waals surface area contributed by atoms with Gasteiger partial charge < -0.3 is 15.7 Å². The number of nitrogens with zero attached hydrogens (tertiary/aromatic N) is 1. The minimum atomic E-state index is 0. The number of aliphatic hydroxyl groups excluding tert-OH is 1. The summed E-state index contributed by atoms with van der Waals surface area (Å²) in [6.45, 7) is 2.70. The van der Waals surface area contributed by atoms with E-state index in [4.69, 9.17) is 10.8 Å². The monoisotopic (exact) mass is 148 g/mol. The maximum absolute atomic E-state index is 8.46. The lowest BCUT2D eigenvalue weighted by Gasteiger charge is -2.13. The van der Waals surface area contributed by atoms with Gasteiger partial charge in [0.15, 0.2) is 0 Å². The van der Waals surface area contributed by atoms with E-state index in [-0.39, 0.29) is 14.0 Å². The fourth-order valence-electron chi connectivity index (χ4n) is 0.644. The molecular weight excluding hydrogens is 128 g/mol. The maximum atomic E-state index is 8.46. The van der Waals surface area contributed by atoms with E-state index in [1.807, 2.05) is 7.05 Å². The first-order chi connectivity index (χ1) is 4.31. The van der Waals surface area contributed by atoms with Gasteiger partial charge >= 0.3 is 0 Å². The third-order valence-corrected chi connectivity index (χ3v) is 1.23. The Bertz CT molecular complexity index is 59.6. The second-order valence-corrected chi connectivity index (χ2v) is 2.17. The molecule has 3 N–H and O–H groups in total. The van der Waals surface area contributed by atoms with Crippen molar-refractivity contribution in [3.05, 3.63) is 0 Å². The lowest BCUT2D eigenvalue weighted by atomic mass is 10.4. The van der Waals surface area contributed by atoms with Gasteiger partial charge in [-0.25, -0.2) is 0 Å². The molecule has 0 aliphatic carbocycles. The Morgan fingerprint density at radius 1 is 1.40 bits per heavy atom. The summed E-state index contributed by atoms with van der Waals surface area (Å²) in [5.41, 5.74) is 5.28. The van der Waals surface area contributed by atoms with Gasteiger partial charge in [0.2, 0.25) is 0 Å². The van der Waals surface area contributed by atoms with Crippen molar-refractivity contribution >= 4 is 0 Å². The Kier molecular flexibility index (Phi) is 11.1. The molecule has 0 aliphatic rings. The fraction of sp³-hybridized carbons (Fsp3) is 1.00. The molecule has 0 spiro atoms. The van der Waals surface area contributed by atoms with Gasteiger partial charge in [0.05, 0.1) is 6.61 Å². The Labute approximate surface area is 63.8 Å². The van der Waals surface area contributed by atoms with Gasteiger partial charge in [-0.05, 0) is 26.6 Å². The molecule has 64 valence electrons. The molecule has 0 saturated carbocycles. The van der Waals surface area contributed by atoms with Crippen molar-refractivity contribution < 1.29 is 5.11 Å². The molecule has 0 aromatic carbocycles. The Morgan fingerprint density at radius 3 is 2.40 bits per heavy atom. The van der Waals surface area contributed by atoms with Crippen LogP contribution in [0.3, 0.4) is 0 Å². The van der Waals surface area contributed by atoms with Crippen molar-refractivity contribution in [3.8, 4) is 0 Å². The molecule has 0 aromatic rings. The summed E-state index contributed by atoms with van der Waals surface area (Å²) < 4.78 is 0. The molecule has 0 fully saturated rings. The summed E-state index contributed by atoms with van der Waals surface area (Å²) >= 11 is 0. The van der Waals surface area contributed by atoms with Crippen LogP contribution in [0.2, 0.25) is 0 Å². The highest BCUT2D eigenvalue weighted by Crippen LogP contribution is 1.82. The summed E-state index contributed by atoms with van der Waals surface area (Å²) in [7, 11) is 1.98. The summed E-state index contributed by atoms with van der Waals surface area (Å²) in [6.07, 6.45) is 1.01. The predicted octanol–water partition coefficient (Wildman–Crippen LogP) is -0.105. The lowest BCUT2D eigenvalue weighted by Crippen LogP contribution is -2.24. The fourth-order valence-corrected chi connectivity index (χ4v) is 0.644. The summed E-state index contributed by atoms with van der Waals surface area (Å²) in [5, 5.41) is 8.46. The zero-order valence-electron chi connectivity index (χ0n) is 6.01. The van der Waals surface area contributed by atoms with Crippen LogP contribution in [0, 0.1) is 0 Å². The van der Waals surface area contributed by atoms with Crippen LogP contribution < -0.4 is 5.73 Å². The van der Waals surface area contributed by atoms with E-state index in [1.54, 1.807) is 0 Å². The first-order valence-corrected chi connectivity index (χ1v) is 3.30. The molecule has 0 saturated heterocycles. The van der Waals surface area contributed by atoms with Crippen LogP contribution in [-0.4, -0.2) is 43.3 Å². The van der Waals surface area contributed by atoms with E-state index in [9.17, 15) is 0 Å². The van der Waals surface area contributed by atoms with Gasteiger partial charge in [0.1, 0.15) is 0 Å². The molecule has 0 heterocycles. The van der Waals surface area contributed by atoms with Gasteiger partial charge in [-0.2, -0.15) is 0 Å². The molecule has 3 nitrogen and oxygen atoms in total. The summed E-state index contributed by atoms with van der Waals surface area (Å²) in [6, 6.07) is 0. The van der Waals surface area contributed by atoms with Crippen LogP contribution in [0.1, 0.15) is 13.8 Å². The van der Waals surface area contributed by atoms with Crippen LogP contribution in [0.25, 0.3) is 0 Å². The van der Waals surface area contributed by atoms with Crippen molar-refractivity contribution in [2.75, 3.05) is 33.3 Å². The van der Waals surface area contributed by atoms with Crippen molar-refractivity contribution in [2.45, 2.75) is 13.8 Å². The van der Waals surface area contributed by atoms with Crippen LogP contribution >= 0.6 is 0 Å². The van der Waals surface area contributed by atoms with Crippen molar-refractivity contribution in [1.29, 1.82) is 0 Å². The van der Waals surface area contributed by atoms with Gasteiger partial charge in [-0.1, -0.05) is 7.43 Å². The van der Waals surface area contributed by atoms with Crippen molar-refractivity contribution in [2.24, 2.45) is 5.73 Å². The van der Waals surface area contributed by atoms with E-state index < -0.39 is 0 Å². The highest BCUT2D eigenvalue weighted by molar-refractivity contribution is 4.49. The molecule has 10 heavy (non-hydrogen) atoms. The van der Waals surface area contributed by atoms with Crippen molar-refractivity contribution in [1.82, 2.24) is 4.90 Å². The molecule has 0 amide bonds. The van der Waals surface area contributed by atoms with E-state index in [1.165, 1.54) is 0 Å². The number of hydrogen-bond donors (Lipinski definition) is 2. The first kappa shape index (κ1) is 12.5. The Morgan fingerprint density at radius 2 is 2.00 bits per heavy atom. The highest BCUT2D eigenvalue weighted by atomic mass is 16.3. The number of nitrogens with two attached hydrogens (primary N) is 1. The third kappa shape index (κ3) is 7.88. The standard InChI is InChI=1S/C6H16N2O.CH4/c1-8(5-6-9)4-2-3-7;/h9H,2-7H2,1H3;1H4. The normalized spacial score (nSPS) is 9.60. The minimum Gasteiger partial charge on any atom is -0.395 e. The largest absolute Gasteiger partial charge is 0.395 e. The SMILES string of the molecule is C.CN(CCO)CCCN. The van der Waals surface area contributed by atoms with Gasteiger partial charge in [-0.3, -0.25) is 0 Å². The van der Waals surface area contributed by atoms with E-state index >= 15 is 0 Å². The molecule has 0 unspecified atom stereocenters. The smallest absolute Gasteiger partial charge is 0.0558 e. The third-order valence-electron chi connectivity index (χ3n) is 1.23. The molecule has 3 heteroatoms. The topological polar surface area (TPSA) is 49.5 Å². The first-order valence-electron chi connectivity index (χ1n) is 3.30. The molecule has 0 bridgehead atoms. The average Bonchev–Trinajstić information content (AvgIpc) is 1.85. The number of aliphatic hydroxyl groups is 1.